The van der Waals surface area contributed by atoms with Crippen LogP contribution in [-0.4, -0.2) is 47.4 Å². The average molecular weight is 929 g/mol. The second kappa shape index (κ2) is 55.7. The van der Waals surface area contributed by atoms with Gasteiger partial charge in [0.25, 0.3) is 0 Å². The van der Waals surface area contributed by atoms with Gasteiger partial charge >= 0.3 is 5.97 Å². The number of ether oxygens (including phenoxy) is 1. The number of hydrogen-bond acceptors (Lipinski definition) is 5. The first kappa shape index (κ1) is 64.1. The van der Waals surface area contributed by atoms with Crippen molar-refractivity contribution >= 4 is 11.9 Å². The highest BCUT2D eigenvalue weighted by atomic mass is 16.5. The smallest absolute Gasteiger partial charge is 0.305 e. The summed E-state index contributed by atoms with van der Waals surface area (Å²) in [4.78, 5) is 24.5. The first-order chi connectivity index (χ1) is 32.5. The van der Waals surface area contributed by atoms with Gasteiger partial charge < -0.3 is 20.3 Å². The fourth-order valence-corrected chi connectivity index (χ4v) is 8.89. The van der Waals surface area contributed by atoms with Crippen molar-refractivity contribution in [1.29, 1.82) is 0 Å². The molecule has 66 heavy (non-hydrogen) atoms. The lowest BCUT2D eigenvalue weighted by molar-refractivity contribution is -0.143. The lowest BCUT2D eigenvalue weighted by Crippen LogP contribution is -2.45. The lowest BCUT2D eigenvalue weighted by atomic mass is 10.0. The molecule has 6 heteroatoms. The first-order valence-corrected chi connectivity index (χ1v) is 29.3. The molecule has 0 saturated carbocycles. The van der Waals surface area contributed by atoms with Crippen molar-refractivity contribution in [2.75, 3.05) is 13.2 Å². The van der Waals surface area contributed by atoms with Gasteiger partial charge in [-0.15, -0.1) is 0 Å². The van der Waals surface area contributed by atoms with Gasteiger partial charge in [0.05, 0.1) is 25.4 Å². The van der Waals surface area contributed by atoms with E-state index in [1.54, 1.807) is 6.08 Å². The van der Waals surface area contributed by atoms with Crippen LogP contribution in [0, 0.1) is 0 Å². The van der Waals surface area contributed by atoms with Gasteiger partial charge in [0.1, 0.15) is 0 Å². The number of allylic oxidation sites excluding steroid dienone is 5. The van der Waals surface area contributed by atoms with E-state index in [4.69, 9.17) is 4.74 Å². The van der Waals surface area contributed by atoms with Gasteiger partial charge in [0.2, 0.25) is 5.91 Å². The molecular formula is C60H113NO5. The number of esters is 1. The molecule has 0 radical (unpaired) electrons. The number of carbonyl (C=O) groups excluding carboxylic acids is 2. The summed E-state index contributed by atoms with van der Waals surface area (Å²) in [7, 11) is 0. The summed E-state index contributed by atoms with van der Waals surface area (Å²) in [6.45, 7) is 4.82. The zero-order valence-electron chi connectivity index (χ0n) is 44.2. The van der Waals surface area contributed by atoms with E-state index in [2.05, 4.69) is 43.5 Å². The Bertz CT molecular complexity index is 1070. The van der Waals surface area contributed by atoms with Crippen LogP contribution >= 0.6 is 0 Å². The Balaban J connectivity index is 3.51. The molecule has 0 aromatic heterocycles. The van der Waals surface area contributed by atoms with Crippen molar-refractivity contribution in [1.82, 2.24) is 5.32 Å². The quantitative estimate of drug-likeness (QED) is 0.0321. The maximum Gasteiger partial charge on any atom is 0.305 e. The van der Waals surface area contributed by atoms with Crippen molar-refractivity contribution in [3.8, 4) is 0 Å². The van der Waals surface area contributed by atoms with Gasteiger partial charge in [0, 0.05) is 12.8 Å². The van der Waals surface area contributed by atoms with E-state index in [9.17, 15) is 19.8 Å². The standard InChI is InChI=1S/C60H113NO5/c1-3-5-7-9-11-13-15-17-19-20-21-22-23-24-25-26-27-28-29-30-32-36-40-44-48-52-58(63)57(56-62)61-59(64)53-49-45-41-37-34-35-39-43-47-51-55-66-60(65)54-50-46-42-38-33-31-18-16-14-12-10-8-6-4-2/h10,12,16,18,48,52,57-58,62-63H,3-9,11,13-15,17,19-47,49-51,53-56H2,1-2H3,(H,61,64)/b12-10-,18-16-,52-48+. The van der Waals surface area contributed by atoms with Crippen LogP contribution in [0.4, 0.5) is 0 Å². The topological polar surface area (TPSA) is 95.9 Å². The summed E-state index contributed by atoms with van der Waals surface area (Å²) in [6.07, 6.45) is 68.8. The van der Waals surface area contributed by atoms with E-state index in [1.807, 2.05) is 6.08 Å². The molecule has 0 saturated heterocycles. The first-order valence-electron chi connectivity index (χ1n) is 29.3. The normalized spacial score (nSPS) is 12.8. The maximum atomic E-state index is 12.5. The van der Waals surface area contributed by atoms with Crippen molar-refractivity contribution in [2.45, 2.75) is 321 Å². The molecule has 0 bridgehead atoms. The summed E-state index contributed by atoms with van der Waals surface area (Å²) in [5.74, 6) is -0.125. The number of nitrogens with one attached hydrogen (secondary N) is 1. The molecule has 0 aliphatic heterocycles. The van der Waals surface area contributed by atoms with E-state index in [1.165, 1.54) is 212 Å². The van der Waals surface area contributed by atoms with Crippen LogP contribution < -0.4 is 5.32 Å². The molecule has 0 aliphatic rings. The Labute approximate surface area is 411 Å². The van der Waals surface area contributed by atoms with Crippen molar-refractivity contribution in [2.24, 2.45) is 0 Å². The number of hydrogen-bond donors (Lipinski definition) is 3. The van der Waals surface area contributed by atoms with Gasteiger partial charge in [-0.1, -0.05) is 275 Å². The third-order valence-corrected chi connectivity index (χ3v) is 13.4. The van der Waals surface area contributed by atoms with E-state index in [0.717, 1.165) is 70.6 Å². The second-order valence-electron chi connectivity index (χ2n) is 20.0. The molecule has 388 valence electrons. The van der Waals surface area contributed by atoms with Crippen LogP contribution in [0.1, 0.15) is 309 Å². The molecule has 0 fully saturated rings. The zero-order valence-corrected chi connectivity index (χ0v) is 44.2. The summed E-state index contributed by atoms with van der Waals surface area (Å²) >= 11 is 0. The molecule has 2 atom stereocenters. The summed E-state index contributed by atoms with van der Waals surface area (Å²) in [5.41, 5.74) is 0. The summed E-state index contributed by atoms with van der Waals surface area (Å²) < 4.78 is 5.45. The molecule has 0 heterocycles. The predicted octanol–water partition coefficient (Wildman–Crippen LogP) is 18.0. The molecule has 0 aliphatic carbocycles. The third kappa shape index (κ3) is 51.5. The van der Waals surface area contributed by atoms with Gasteiger partial charge in [0.15, 0.2) is 0 Å². The highest BCUT2D eigenvalue weighted by molar-refractivity contribution is 5.76. The van der Waals surface area contributed by atoms with E-state index < -0.39 is 12.1 Å². The van der Waals surface area contributed by atoms with Crippen LogP contribution in [0.5, 0.6) is 0 Å². The molecule has 0 rings (SSSR count). The highest BCUT2D eigenvalue weighted by Crippen LogP contribution is 2.17. The monoisotopic (exact) mass is 928 g/mol. The van der Waals surface area contributed by atoms with Crippen LogP contribution in [-0.2, 0) is 14.3 Å². The number of aliphatic hydroxyl groups excluding tert-OH is 2. The van der Waals surface area contributed by atoms with Gasteiger partial charge in [-0.05, 0) is 57.8 Å². The molecule has 0 aromatic rings. The van der Waals surface area contributed by atoms with Crippen LogP contribution in [0.15, 0.2) is 36.5 Å². The largest absolute Gasteiger partial charge is 0.466 e. The fourth-order valence-electron chi connectivity index (χ4n) is 8.89. The minimum Gasteiger partial charge on any atom is -0.466 e. The second-order valence-corrected chi connectivity index (χ2v) is 20.0. The Morgan fingerprint density at radius 2 is 0.773 bits per heavy atom. The predicted molar refractivity (Wildman–Crippen MR) is 287 cm³/mol. The average Bonchev–Trinajstić information content (AvgIpc) is 3.32. The fraction of sp³-hybridized carbons (Fsp3) is 0.867. The zero-order chi connectivity index (χ0) is 47.9. The molecule has 3 N–H and O–H groups in total. The van der Waals surface area contributed by atoms with Crippen molar-refractivity contribution < 1.29 is 24.5 Å². The van der Waals surface area contributed by atoms with Crippen molar-refractivity contribution in [3.63, 3.8) is 0 Å². The number of amides is 1. The number of carbonyl (C=O) groups is 2. The summed E-state index contributed by atoms with van der Waals surface area (Å²) in [6, 6.07) is -0.647. The Kier molecular flexibility index (Phi) is 54.1. The number of unbranched alkanes of at least 4 members (excludes halogenated alkanes) is 39. The SMILES string of the molecule is CCCC/C=C\C/C=C\CCCCCCCC(=O)OCCCCCCCCCCCCC(=O)NC(CO)C(O)/C=C/CCCCCCCCCCCCCCCCCCCCCCCCC. The highest BCUT2D eigenvalue weighted by Gasteiger charge is 2.18. The summed E-state index contributed by atoms with van der Waals surface area (Å²) in [5, 5.41) is 23.2. The number of rotatable bonds is 54. The molecular weight excluding hydrogens is 815 g/mol. The van der Waals surface area contributed by atoms with Gasteiger partial charge in [-0.2, -0.15) is 0 Å². The molecule has 0 spiro atoms. The van der Waals surface area contributed by atoms with Gasteiger partial charge in [-0.3, -0.25) is 9.59 Å². The minimum absolute atomic E-state index is 0.0350. The van der Waals surface area contributed by atoms with Crippen LogP contribution in [0.25, 0.3) is 0 Å². The Hall–Kier alpha value is -1.92. The Morgan fingerprint density at radius 3 is 1.20 bits per heavy atom. The van der Waals surface area contributed by atoms with Crippen molar-refractivity contribution in [3.05, 3.63) is 36.5 Å². The third-order valence-electron chi connectivity index (χ3n) is 13.4. The van der Waals surface area contributed by atoms with E-state index in [-0.39, 0.29) is 18.5 Å². The minimum atomic E-state index is -0.862. The molecule has 2 unspecified atom stereocenters. The van der Waals surface area contributed by atoms with Gasteiger partial charge in [-0.25, -0.2) is 0 Å². The number of aliphatic hydroxyl groups is 2. The molecule has 0 aromatic carbocycles. The molecule has 6 nitrogen and oxygen atoms in total. The maximum absolute atomic E-state index is 12.5. The Morgan fingerprint density at radius 1 is 0.424 bits per heavy atom. The van der Waals surface area contributed by atoms with Crippen LogP contribution in [0.3, 0.4) is 0 Å². The lowest BCUT2D eigenvalue weighted by Gasteiger charge is -2.20. The van der Waals surface area contributed by atoms with Crippen LogP contribution in [0.2, 0.25) is 0 Å². The van der Waals surface area contributed by atoms with E-state index in [0.29, 0.717) is 19.4 Å². The van der Waals surface area contributed by atoms with E-state index >= 15 is 0 Å². The molecule has 1 amide bonds.